The molecule has 118 valence electrons. The number of amides is 1. The lowest BCUT2D eigenvalue weighted by molar-refractivity contribution is -0.116. The van der Waals surface area contributed by atoms with Gasteiger partial charge in [-0.05, 0) is 54.5 Å². The van der Waals surface area contributed by atoms with E-state index in [2.05, 4.69) is 29.6 Å². The van der Waals surface area contributed by atoms with Crippen LogP contribution in [0, 0.1) is 0 Å². The summed E-state index contributed by atoms with van der Waals surface area (Å²) in [6.45, 7) is 0.727. The molecule has 3 rings (SSSR count). The van der Waals surface area contributed by atoms with E-state index in [4.69, 9.17) is 0 Å². The third-order valence-electron chi connectivity index (χ3n) is 4.37. The highest BCUT2D eigenvalue weighted by Gasteiger charge is 2.04. The van der Waals surface area contributed by atoms with Gasteiger partial charge < -0.3 is 5.32 Å². The maximum Gasteiger partial charge on any atom is 0.244 e. The highest BCUT2D eigenvalue weighted by molar-refractivity contribution is 5.96. The van der Waals surface area contributed by atoms with Gasteiger partial charge in [0.2, 0.25) is 5.91 Å². The van der Waals surface area contributed by atoms with E-state index in [1.54, 1.807) is 6.08 Å². The predicted octanol–water partition coefficient (Wildman–Crippen LogP) is 4.86. The highest BCUT2D eigenvalue weighted by Crippen LogP contribution is 2.20. The number of nitrogens with one attached hydrogen (secondary N) is 1. The second-order valence-corrected chi connectivity index (χ2v) is 6.05. The zero-order valence-corrected chi connectivity index (χ0v) is 13.4. The lowest BCUT2D eigenvalue weighted by atomic mass is 9.97. The summed E-state index contributed by atoms with van der Waals surface area (Å²) in [6, 6.07) is 14.4. The molecule has 0 radical (unpaired) electrons. The zero-order valence-electron chi connectivity index (χ0n) is 13.4. The molecular formula is C21H23NO. The largest absolute Gasteiger partial charge is 0.352 e. The molecule has 0 aliphatic heterocycles. The van der Waals surface area contributed by atoms with Gasteiger partial charge in [0.15, 0.2) is 0 Å². The van der Waals surface area contributed by atoms with Crippen molar-refractivity contribution in [1.29, 1.82) is 0 Å². The first-order valence-electron chi connectivity index (χ1n) is 8.44. The number of rotatable bonds is 5. The maximum absolute atomic E-state index is 12.0. The van der Waals surface area contributed by atoms with Gasteiger partial charge in [0.25, 0.3) is 0 Å². The van der Waals surface area contributed by atoms with Crippen molar-refractivity contribution in [3.05, 3.63) is 65.8 Å². The van der Waals surface area contributed by atoms with Gasteiger partial charge in [0.05, 0.1) is 0 Å². The van der Waals surface area contributed by atoms with Crippen LogP contribution in [-0.4, -0.2) is 12.5 Å². The first kappa shape index (κ1) is 15.5. The molecule has 0 saturated heterocycles. The Hall–Kier alpha value is -2.35. The van der Waals surface area contributed by atoms with Gasteiger partial charge in [0, 0.05) is 12.6 Å². The van der Waals surface area contributed by atoms with Crippen LogP contribution in [0.25, 0.3) is 16.8 Å². The molecule has 0 fully saturated rings. The molecule has 0 saturated carbocycles. The minimum absolute atomic E-state index is 0.0191. The van der Waals surface area contributed by atoms with E-state index in [9.17, 15) is 4.79 Å². The standard InChI is InChI=1S/C21H23NO/c23-21(22-16-15-17-7-2-1-3-8-17)14-13-19-11-6-10-18-9-4-5-12-20(18)19/h4-7,9-14H,1-3,8,15-16H2,(H,22,23)/b14-13+. The first-order valence-corrected chi connectivity index (χ1v) is 8.44. The zero-order chi connectivity index (χ0) is 15.9. The number of hydrogen-bond acceptors (Lipinski definition) is 1. The average molecular weight is 305 g/mol. The van der Waals surface area contributed by atoms with Gasteiger partial charge >= 0.3 is 0 Å². The third kappa shape index (κ3) is 4.32. The van der Waals surface area contributed by atoms with Crippen LogP contribution in [0.3, 0.4) is 0 Å². The average Bonchev–Trinajstić information content (AvgIpc) is 2.61. The molecule has 1 aliphatic rings. The van der Waals surface area contributed by atoms with Crippen molar-refractivity contribution in [3.63, 3.8) is 0 Å². The van der Waals surface area contributed by atoms with Crippen LogP contribution in [0.5, 0.6) is 0 Å². The normalized spacial score (nSPS) is 14.9. The summed E-state index contributed by atoms with van der Waals surface area (Å²) < 4.78 is 0. The number of benzene rings is 2. The van der Waals surface area contributed by atoms with Crippen molar-refractivity contribution in [2.75, 3.05) is 6.54 Å². The summed E-state index contributed by atoms with van der Waals surface area (Å²) in [5, 5.41) is 5.35. The van der Waals surface area contributed by atoms with Gasteiger partial charge in [-0.25, -0.2) is 0 Å². The van der Waals surface area contributed by atoms with Gasteiger partial charge in [-0.15, -0.1) is 0 Å². The van der Waals surface area contributed by atoms with Crippen LogP contribution < -0.4 is 5.32 Å². The van der Waals surface area contributed by atoms with Gasteiger partial charge in [-0.3, -0.25) is 4.79 Å². The number of carbonyl (C=O) groups is 1. The quantitative estimate of drug-likeness (QED) is 0.620. The Morgan fingerprint density at radius 1 is 1.09 bits per heavy atom. The van der Waals surface area contributed by atoms with Crippen molar-refractivity contribution in [3.8, 4) is 0 Å². The molecule has 0 spiro atoms. The molecule has 0 aromatic heterocycles. The second-order valence-electron chi connectivity index (χ2n) is 6.05. The number of carbonyl (C=O) groups excluding carboxylic acids is 1. The van der Waals surface area contributed by atoms with Crippen LogP contribution >= 0.6 is 0 Å². The summed E-state index contributed by atoms with van der Waals surface area (Å²) >= 11 is 0. The van der Waals surface area contributed by atoms with Crippen LogP contribution in [0.2, 0.25) is 0 Å². The van der Waals surface area contributed by atoms with E-state index in [0.717, 1.165) is 18.5 Å². The SMILES string of the molecule is O=C(/C=C/c1cccc2ccccc12)NCCC1=CCCCC1. The molecule has 1 aliphatic carbocycles. The molecule has 1 N–H and O–H groups in total. The molecule has 2 heteroatoms. The number of fused-ring (bicyclic) bond motifs is 1. The lowest BCUT2D eigenvalue weighted by Crippen LogP contribution is -2.22. The van der Waals surface area contributed by atoms with E-state index in [-0.39, 0.29) is 5.91 Å². The molecule has 2 nitrogen and oxygen atoms in total. The molecule has 2 aromatic carbocycles. The summed E-state index contributed by atoms with van der Waals surface area (Å²) in [5.74, 6) is -0.0191. The van der Waals surface area contributed by atoms with E-state index in [0.29, 0.717) is 0 Å². The smallest absolute Gasteiger partial charge is 0.244 e. The van der Waals surface area contributed by atoms with Crippen LogP contribution in [-0.2, 0) is 4.79 Å². The van der Waals surface area contributed by atoms with E-state index in [1.165, 1.54) is 42.0 Å². The van der Waals surface area contributed by atoms with Crippen LogP contribution in [0.15, 0.2) is 60.2 Å². The van der Waals surface area contributed by atoms with Crippen molar-refractivity contribution >= 4 is 22.8 Å². The van der Waals surface area contributed by atoms with E-state index in [1.807, 2.05) is 30.3 Å². The highest BCUT2D eigenvalue weighted by atomic mass is 16.1. The molecule has 0 bridgehead atoms. The van der Waals surface area contributed by atoms with Crippen molar-refractivity contribution in [2.45, 2.75) is 32.1 Å². The Kier molecular flexibility index (Phi) is 5.25. The Bertz CT molecular complexity index is 737. The Morgan fingerprint density at radius 3 is 2.83 bits per heavy atom. The van der Waals surface area contributed by atoms with Crippen molar-refractivity contribution < 1.29 is 4.79 Å². The third-order valence-corrected chi connectivity index (χ3v) is 4.37. The number of allylic oxidation sites excluding steroid dienone is 1. The van der Waals surface area contributed by atoms with Crippen molar-refractivity contribution in [1.82, 2.24) is 5.32 Å². The summed E-state index contributed by atoms with van der Waals surface area (Å²) in [5.41, 5.74) is 2.57. The fraction of sp³-hybridized carbons (Fsp3) is 0.286. The Labute approximate surface area is 137 Å². The summed E-state index contributed by atoms with van der Waals surface area (Å²) in [7, 11) is 0. The second kappa shape index (κ2) is 7.77. The summed E-state index contributed by atoms with van der Waals surface area (Å²) in [4.78, 5) is 12.0. The van der Waals surface area contributed by atoms with Crippen LogP contribution in [0.4, 0.5) is 0 Å². The minimum Gasteiger partial charge on any atom is -0.352 e. The molecular weight excluding hydrogens is 282 g/mol. The fourth-order valence-electron chi connectivity index (χ4n) is 3.10. The molecule has 2 aromatic rings. The molecule has 23 heavy (non-hydrogen) atoms. The topological polar surface area (TPSA) is 29.1 Å². The predicted molar refractivity (Wildman–Crippen MR) is 97.2 cm³/mol. The Morgan fingerprint density at radius 2 is 1.96 bits per heavy atom. The van der Waals surface area contributed by atoms with Gasteiger partial charge in [0.1, 0.15) is 0 Å². The number of hydrogen-bond donors (Lipinski definition) is 1. The molecule has 0 heterocycles. The fourth-order valence-corrected chi connectivity index (χ4v) is 3.10. The molecule has 0 unspecified atom stereocenters. The lowest BCUT2D eigenvalue weighted by Gasteiger charge is -2.12. The van der Waals surface area contributed by atoms with Gasteiger partial charge in [-0.2, -0.15) is 0 Å². The van der Waals surface area contributed by atoms with Crippen LogP contribution in [0.1, 0.15) is 37.7 Å². The van der Waals surface area contributed by atoms with E-state index >= 15 is 0 Å². The van der Waals surface area contributed by atoms with Crippen molar-refractivity contribution in [2.24, 2.45) is 0 Å². The molecule has 0 atom stereocenters. The summed E-state index contributed by atoms with van der Waals surface area (Å²) in [6.07, 6.45) is 11.8. The maximum atomic E-state index is 12.0. The van der Waals surface area contributed by atoms with Gasteiger partial charge in [-0.1, -0.05) is 54.1 Å². The Balaban J connectivity index is 1.56. The molecule has 1 amide bonds. The monoisotopic (exact) mass is 305 g/mol. The van der Waals surface area contributed by atoms with E-state index < -0.39 is 0 Å². The first-order chi connectivity index (χ1) is 11.3. The minimum atomic E-state index is -0.0191.